The molecule has 75 heavy (non-hydrogen) atoms. The van der Waals surface area contributed by atoms with Gasteiger partial charge < -0.3 is 10.2 Å². The van der Waals surface area contributed by atoms with Crippen LogP contribution in [-0.4, -0.2) is 55.4 Å². The van der Waals surface area contributed by atoms with E-state index in [2.05, 4.69) is 0 Å². The van der Waals surface area contributed by atoms with E-state index < -0.39 is 46.7 Å². The summed E-state index contributed by atoms with van der Waals surface area (Å²) < 4.78 is 0. The second-order valence-corrected chi connectivity index (χ2v) is 21.4. The molecule has 368 valence electrons. The first-order chi connectivity index (χ1) is 35.6. The maximum Gasteiger partial charge on any atom is 0.266 e. The first-order valence-corrected chi connectivity index (χ1v) is 25.4. The summed E-state index contributed by atoms with van der Waals surface area (Å²) in [5.74, 6) is -5.44. The number of halogens is 10. The van der Waals surface area contributed by atoms with Crippen molar-refractivity contribution in [3.8, 4) is 0 Å². The highest BCUT2D eigenvalue weighted by molar-refractivity contribution is 6.49. The molecule has 22 heteroatoms. The molecule has 4 heterocycles. The van der Waals surface area contributed by atoms with Crippen LogP contribution in [0.1, 0.15) is 95.8 Å². The minimum atomic E-state index is -0.827. The Kier molecular flexibility index (Phi) is 11.7. The number of imide groups is 2. The van der Waals surface area contributed by atoms with Gasteiger partial charge in [-0.25, -0.2) is 19.8 Å². The number of hydrogen-bond donors (Lipinski definition) is 2. The molecule has 12 nitrogen and oxygen atoms in total. The number of fused-ring (bicyclic) bond motifs is 6. The van der Waals surface area contributed by atoms with Crippen LogP contribution < -0.4 is 9.80 Å². The largest absolute Gasteiger partial charge is 0.506 e. The van der Waals surface area contributed by atoms with E-state index in [0.717, 1.165) is 9.80 Å². The third kappa shape index (κ3) is 7.34. The first kappa shape index (κ1) is 49.6. The number of nitrogens with zero attached hydrogens (tertiary/aromatic N) is 4. The van der Waals surface area contributed by atoms with Gasteiger partial charge in [-0.2, -0.15) is 0 Å². The number of rotatable bonds is 6. The fourth-order valence-electron chi connectivity index (χ4n) is 9.84. The van der Waals surface area contributed by atoms with Crippen LogP contribution in [0, 0.1) is 0 Å². The summed E-state index contributed by atoms with van der Waals surface area (Å²) in [5.41, 5.74) is -0.493. The Morgan fingerprint density at radius 1 is 0.360 bits per heavy atom. The molecule has 0 saturated heterocycles. The number of hydrogen-bond acceptors (Lipinski definition) is 10. The van der Waals surface area contributed by atoms with Gasteiger partial charge in [0.25, 0.3) is 23.6 Å². The van der Waals surface area contributed by atoms with E-state index in [1.807, 2.05) is 0 Å². The fraction of sp³-hybridized carbons (Fsp3) is 0.0189. The van der Waals surface area contributed by atoms with Crippen LogP contribution in [0.4, 0.5) is 11.4 Å². The normalized spacial score (nSPS) is 15.0. The van der Waals surface area contributed by atoms with E-state index in [-0.39, 0.29) is 168 Å². The number of aromatic nitrogens is 2. The van der Waals surface area contributed by atoms with Crippen molar-refractivity contribution >= 4 is 207 Å². The molecule has 0 radical (unpaired) electrons. The van der Waals surface area contributed by atoms with Crippen molar-refractivity contribution < 1.29 is 39.0 Å². The van der Waals surface area contributed by atoms with Crippen molar-refractivity contribution in [2.75, 3.05) is 9.80 Å². The second-order valence-electron chi connectivity index (χ2n) is 17.3. The molecular weight excluding hydrogens is 1180 g/mol. The summed E-state index contributed by atoms with van der Waals surface area (Å²) in [7, 11) is 0. The van der Waals surface area contributed by atoms with Crippen molar-refractivity contribution in [2.24, 2.45) is 0 Å². The minimum absolute atomic E-state index is 0.0123. The molecule has 4 aliphatic rings. The summed E-state index contributed by atoms with van der Waals surface area (Å²) in [5, 5.41) is 23.1. The zero-order valence-electron chi connectivity index (χ0n) is 36.7. The Bertz CT molecular complexity index is 3940. The molecule has 2 N–H and O–H groups in total. The predicted molar refractivity (Wildman–Crippen MR) is 292 cm³/mol. The molecule has 0 spiro atoms. The minimum Gasteiger partial charge on any atom is -0.506 e. The van der Waals surface area contributed by atoms with E-state index in [1.165, 1.54) is 84.9 Å². The highest BCUT2D eigenvalue weighted by Gasteiger charge is 2.43. The molecule has 6 aromatic carbocycles. The van der Waals surface area contributed by atoms with E-state index in [4.69, 9.17) is 126 Å². The number of pyridine rings is 2. The lowest BCUT2D eigenvalue weighted by Crippen LogP contribution is -2.32. The summed E-state index contributed by atoms with van der Waals surface area (Å²) in [6.45, 7) is 0. The molecule has 0 fully saturated rings. The number of aliphatic hydroxyl groups excluding tert-OH is 2. The summed E-state index contributed by atoms with van der Waals surface area (Å²) in [4.78, 5) is 97.5. The topological polar surface area (TPSA) is 175 Å². The zero-order valence-corrected chi connectivity index (χ0v) is 44.3. The number of amides is 4. The monoisotopic (exact) mass is 1190 g/mol. The number of benzene rings is 6. The molecule has 0 bridgehead atoms. The van der Waals surface area contributed by atoms with Crippen molar-refractivity contribution in [3.63, 3.8) is 0 Å². The Morgan fingerprint density at radius 2 is 0.640 bits per heavy atom. The first-order valence-electron chi connectivity index (χ1n) is 21.6. The Morgan fingerprint density at radius 3 is 0.947 bits per heavy atom. The Labute approximate surface area is 470 Å². The van der Waals surface area contributed by atoms with Crippen molar-refractivity contribution in [3.05, 3.63) is 202 Å². The van der Waals surface area contributed by atoms with Gasteiger partial charge in [0.2, 0.25) is 0 Å². The van der Waals surface area contributed by atoms with Crippen molar-refractivity contribution in [1.82, 2.24) is 9.97 Å². The number of allylic oxidation sites excluding steroid dienone is 2. The fourth-order valence-corrected chi connectivity index (χ4v) is 11.7. The van der Waals surface area contributed by atoms with Crippen LogP contribution in [0.2, 0.25) is 50.2 Å². The quantitative estimate of drug-likeness (QED) is 0.152. The van der Waals surface area contributed by atoms with Crippen LogP contribution in [-0.2, 0) is 6.42 Å². The Balaban J connectivity index is 1.08. The standard InChI is InChI=1S/C53H18Cl10N4O8/c54-28-8-20-21(9-29(28)55)47(69)40(46(20)68)38-3-1-18-42(64-38)36(62)6-16(44(18)66-50(72)24-12-32(58)33(59)13-25(24)51(66)73)5-17-7-37(63)43-19(45(17)67-52(74)26-14-34(60)35(61)15-27(26)53(67)75)2-4-39(65-43)41-48(70)22-10-30(56)31(57)11-23(22)49(41)71/h1-4,6-15,68,70H,5H2. The lowest BCUT2D eigenvalue weighted by molar-refractivity contribution is 0.0911. The molecular formula is C53H18Cl10N4O8. The zero-order chi connectivity index (χ0) is 53.1. The molecule has 8 aromatic rings. The van der Waals surface area contributed by atoms with Gasteiger partial charge in [-0.15, -0.1) is 0 Å². The van der Waals surface area contributed by atoms with E-state index in [9.17, 15) is 39.0 Å². The number of anilines is 2. The molecule has 2 aliphatic heterocycles. The highest BCUT2D eigenvalue weighted by Crippen LogP contribution is 2.48. The van der Waals surface area contributed by atoms with Crippen LogP contribution >= 0.6 is 116 Å². The van der Waals surface area contributed by atoms with Crippen LogP contribution in [0.3, 0.4) is 0 Å². The van der Waals surface area contributed by atoms with E-state index >= 15 is 0 Å². The molecule has 0 atom stereocenters. The number of carbonyl (C=O) groups excluding carboxylic acids is 6. The average molecular weight is 1190 g/mol. The molecule has 4 amide bonds. The number of ketones is 2. The van der Waals surface area contributed by atoms with Gasteiger partial charge in [0.1, 0.15) is 11.5 Å². The van der Waals surface area contributed by atoms with E-state index in [1.54, 1.807) is 0 Å². The van der Waals surface area contributed by atoms with Gasteiger partial charge in [-0.3, -0.25) is 28.8 Å². The van der Waals surface area contributed by atoms with Crippen LogP contribution in [0.25, 0.3) is 44.5 Å². The molecule has 2 aliphatic carbocycles. The third-order valence-electron chi connectivity index (χ3n) is 13.2. The summed E-state index contributed by atoms with van der Waals surface area (Å²) in [6, 6.07) is 18.8. The van der Waals surface area contributed by atoms with Crippen molar-refractivity contribution in [1.29, 1.82) is 0 Å². The maximum absolute atomic E-state index is 14.6. The van der Waals surface area contributed by atoms with Crippen LogP contribution in [0.5, 0.6) is 0 Å². The smallest absolute Gasteiger partial charge is 0.266 e. The van der Waals surface area contributed by atoms with Gasteiger partial charge in [0.15, 0.2) is 11.6 Å². The SMILES string of the molecule is O=C1C(c2ccc3c(N4C(=O)c5cc(Cl)c(Cl)cc5C4=O)c(Cc4cc(Cl)c5nc(C6=C(O)c7cc(Cl)c(Cl)cc7C6=O)ccc5c4N4C(=O)c5cc(Cl)c(Cl)cc5C4=O)cc(Cl)c3n2)=C(O)c2cc(Cl)c(Cl)cc21. The van der Waals surface area contributed by atoms with Crippen LogP contribution in [0.15, 0.2) is 84.9 Å². The number of carbonyl (C=O) groups is 6. The summed E-state index contributed by atoms with van der Waals surface area (Å²) in [6.07, 6.45) is -0.355. The average Bonchev–Trinajstić information content (AvgIpc) is 3.94. The lowest BCUT2D eigenvalue weighted by Gasteiger charge is -2.25. The molecule has 12 rings (SSSR count). The molecule has 0 unspecified atom stereocenters. The van der Waals surface area contributed by atoms with Gasteiger partial charge in [0, 0.05) is 39.4 Å². The van der Waals surface area contributed by atoms with Gasteiger partial charge >= 0.3 is 0 Å². The summed E-state index contributed by atoms with van der Waals surface area (Å²) >= 11 is 64.8. The van der Waals surface area contributed by atoms with Gasteiger partial charge in [-0.05, 0) is 96.1 Å². The van der Waals surface area contributed by atoms with Crippen molar-refractivity contribution in [2.45, 2.75) is 6.42 Å². The predicted octanol–water partition coefficient (Wildman–Crippen LogP) is 15.8. The molecule has 2 aromatic heterocycles. The highest BCUT2D eigenvalue weighted by atomic mass is 35.5. The third-order valence-corrected chi connectivity index (χ3v) is 16.7. The second kappa shape index (κ2) is 17.7. The molecule has 0 saturated carbocycles. The Hall–Kier alpha value is -6.26. The number of aliphatic hydroxyl groups is 2. The number of Topliss-reactive ketones (excluding diaryl/α,β-unsaturated/α-hetero) is 2. The lowest BCUT2D eigenvalue weighted by atomic mass is 9.95. The maximum atomic E-state index is 14.6. The van der Waals surface area contributed by atoms with E-state index in [0.29, 0.717) is 0 Å². The van der Waals surface area contributed by atoms with Gasteiger partial charge in [0.05, 0.1) is 117 Å². The van der Waals surface area contributed by atoms with Gasteiger partial charge in [-0.1, -0.05) is 116 Å².